The van der Waals surface area contributed by atoms with Gasteiger partial charge >= 0.3 is 0 Å². The molecule has 0 bridgehead atoms. The molecule has 0 saturated heterocycles. The van der Waals surface area contributed by atoms with E-state index in [9.17, 15) is 0 Å². The molecule has 1 nitrogen and oxygen atoms in total. The third kappa shape index (κ3) is 4.38. The minimum Gasteiger partial charge on any atom is -0.309 e. The molecule has 1 saturated carbocycles. The SMILES string of the molecule is C=C1C2=CCCC=C2C(=C/CC)/C1=C(/C)Cc1ccc(-n2c3c(c4cc5c(cc42)-c2ccccc2C5(C)C)CC=CC=C3)c2ccccc12. The fourth-order valence-corrected chi connectivity index (χ4v) is 9.25. The van der Waals surface area contributed by atoms with E-state index in [1.165, 1.54) is 99.9 Å². The zero-order valence-corrected chi connectivity index (χ0v) is 29.2. The summed E-state index contributed by atoms with van der Waals surface area (Å²) in [4.78, 5) is 0. The highest BCUT2D eigenvalue weighted by atomic mass is 15.0. The monoisotopic (exact) mass is 633 g/mol. The van der Waals surface area contributed by atoms with Gasteiger partial charge in [0.25, 0.3) is 0 Å². The van der Waals surface area contributed by atoms with Gasteiger partial charge in [-0.2, -0.15) is 0 Å². The molecule has 9 rings (SSSR count). The number of nitrogens with zero attached hydrogens (tertiary/aromatic N) is 1. The summed E-state index contributed by atoms with van der Waals surface area (Å²) in [6.45, 7) is 14.0. The fourth-order valence-electron chi connectivity index (χ4n) is 9.25. The zero-order valence-electron chi connectivity index (χ0n) is 29.2. The van der Waals surface area contributed by atoms with Crippen LogP contribution in [0.25, 0.3) is 44.6 Å². The van der Waals surface area contributed by atoms with Crippen molar-refractivity contribution < 1.29 is 0 Å². The van der Waals surface area contributed by atoms with Gasteiger partial charge in [0.2, 0.25) is 0 Å². The molecule has 4 aromatic carbocycles. The Morgan fingerprint density at radius 1 is 0.837 bits per heavy atom. The Hall–Kier alpha value is -5.14. The molecule has 1 fully saturated rings. The highest BCUT2D eigenvalue weighted by Gasteiger charge is 2.36. The molecule has 4 aliphatic carbocycles. The predicted molar refractivity (Wildman–Crippen MR) is 210 cm³/mol. The molecule has 0 spiro atoms. The normalized spacial score (nSPS) is 19.1. The lowest BCUT2D eigenvalue weighted by atomic mass is 9.82. The molecule has 1 heteroatoms. The van der Waals surface area contributed by atoms with Crippen LogP contribution in [0.5, 0.6) is 0 Å². The zero-order chi connectivity index (χ0) is 33.4. The number of hydrogen-bond acceptors (Lipinski definition) is 0. The molecular formula is C48H43N. The van der Waals surface area contributed by atoms with Crippen LogP contribution in [0.1, 0.15) is 74.9 Å². The van der Waals surface area contributed by atoms with E-state index in [0.717, 1.165) is 32.1 Å². The molecule has 240 valence electrons. The van der Waals surface area contributed by atoms with Crippen molar-refractivity contribution in [3.05, 3.63) is 177 Å². The molecule has 0 atom stereocenters. The molecule has 5 aromatic rings. The summed E-state index contributed by atoms with van der Waals surface area (Å²) in [6.07, 6.45) is 21.3. The lowest BCUT2D eigenvalue weighted by Crippen LogP contribution is -2.14. The number of aromatic nitrogens is 1. The molecule has 0 N–H and O–H groups in total. The van der Waals surface area contributed by atoms with Gasteiger partial charge < -0.3 is 4.57 Å². The van der Waals surface area contributed by atoms with Gasteiger partial charge in [0.15, 0.2) is 0 Å². The highest BCUT2D eigenvalue weighted by Crippen LogP contribution is 2.51. The second kappa shape index (κ2) is 11.2. The first-order valence-electron chi connectivity index (χ1n) is 18.0. The summed E-state index contributed by atoms with van der Waals surface area (Å²) >= 11 is 0. The van der Waals surface area contributed by atoms with Gasteiger partial charge in [-0.05, 0) is 130 Å². The van der Waals surface area contributed by atoms with Gasteiger partial charge in [-0.15, -0.1) is 0 Å². The van der Waals surface area contributed by atoms with Gasteiger partial charge in [-0.1, -0.05) is 124 Å². The third-order valence-electron chi connectivity index (χ3n) is 11.5. The Morgan fingerprint density at radius 3 is 2.45 bits per heavy atom. The summed E-state index contributed by atoms with van der Waals surface area (Å²) in [6, 6.07) is 27.8. The van der Waals surface area contributed by atoms with E-state index in [-0.39, 0.29) is 5.41 Å². The second-order valence-corrected chi connectivity index (χ2v) is 14.7. The van der Waals surface area contributed by atoms with Crippen molar-refractivity contribution in [2.24, 2.45) is 0 Å². The first-order valence-corrected chi connectivity index (χ1v) is 18.0. The molecule has 0 unspecified atom stereocenters. The van der Waals surface area contributed by atoms with Gasteiger partial charge in [-0.3, -0.25) is 0 Å². The van der Waals surface area contributed by atoms with E-state index in [4.69, 9.17) is 0 Å². The number of fused-ring (bicyclic) bond motifs is 8. The minimum absolute atomic E-state index is 0.0338. The van der Waals surface area contributed by atoms with Crippen LogP contribution in [-0.4, -0.2) is 4.57 Å². The average molecular weight is 634 g/mol. The standard InChI is InChI=1S/C48H43N/c1-6-16-39-35-19-12-10-17-33(35)31(3)47(39)30(2)27-32-25-26-45(37-22-13-11-18-34(32)37)49-44-24-9-7-8-21-38(44)41-28-43-40(29-46(41)49)36-20-14-15-23-42(36)48(43,4)5/h7-9,11,13-20,22-26,28-29H,3,6,10,12,21,27H2,1-2,4-5H3/b39-16-,47-30-. The molecule has 0 radical (unpaired) electrons. The minimum atomic E-state index is -0.0338. The summed E-state index contributed by atoms with van der Waals surface area (Å²) in [5.41, 5.74) is 20.2. The Labute approximate surface area is 290 Å². The first-order chi connectivity index (χ1) is 23.9. The highest BCUT2D eigenvalue weighted by molar-refractivity contribution is 6.01. The summed E-state index contributed by atoms with van der Waals surface area (Å²) in [7, 11) is 0. The Bertz CT molecular complexity index is 2460. The van der Waals surface area contributed by atoms with E-state index >= 15 is 0 Å². The molecule has 0 aliphatic heterocycles. The van der Waals surface area contributed by atoms with Crippen LogP contribution in [0.2, 0.25) is 0 Å². The number of hydrogen-bond donors (Lipinski definition) is 0. The van der Waals surface area contributed by atoms with Crippen LogP contribution < -0.4 is 0 Å². The Kier molecular flexibility index (Phi) is 6.85. The van der Waals surface area contributed by atoms with Crippen molar-refractivity contribution in [2.75, 3.05) is 0 Å². The van der Waals surface area contributed by atoms with E-state index in [2.05, 4.69) is 154 Å². The molecular weight excluding hydrogens is 591 g/mol. The largest absolute Gasteiger partial charge is 0.309 e. The van der Waals surface area contributed by atoms with Gasteiger partial charge in [-0.25, -0.2) is 0 Å². The second-order valence-electron chi connectivity index (χ2n) is 14.7. The maximum atomic E-state index is 4.63. The third-order valence-corrected chi connectivity index (χ3v) is 11.5. The Balaban J connectivity index is 1.24. The number of benzene rings is 4. The average Bonchev–Trinajstić information content (AvgIpc) is 3.55. The molecule has 4 aliphatic rings. The van der Waals surface area contributed by atoms with Crippen LogP contribution in [0.15, 0.2) is 149 Å². The van der Waals surface area contributed by atoms with E-state index in [0.29, 0.717) is 0 Å². The lowest BCUT2D eigenvalue weighted by molar-refractivity contribution is 0.661. The quantitative estimate of drug-likeness (QED) is 0.186. The van der Waals surface area contributed by atoms with E-state index in [1.807, 2.05) is 0 Å². The van der Waals surface area contributed by atoms with Crippen molar-refractivity contribution in [3.8, 4) is 16.8 Å². The van der Waals surface area contributed by atoms with Crippen molar-refractivity contribution in [3.63, 3.8) is 0 Å². The van der Waals surface area contributed by atoms with Gasteiger partial charge in [0, 0.05) is 16.2 Å². The molecule has 1 heterocycles. The van der Waals surface area contributed by atoms with Crippen molar-refractivity contribution >= 4 is 27.8 Å². The van der Waals surface area contributed by atoms with Crippen molar-refractivity contribution in [1.82, 2.24) is 4.57 Å². The van der Waals surface area contributed by atoms with Crippen LogP contribution in [0.3, 0.4) is 0 Å². The number of allylic oxidation sites excluding steroid dienone is 12. The van der Waals surface area contributed by atoms with E-state index < -0.39 is 0 Å². The van der Waals surface area contributed by atoms with Crippen LogP contribution in [-0.2, 0) is 18.3 Å². The van der Waals surface area contributed by atoms with E-state index in [1.54, 1.807) is 0 Å². The van der Waals surface area contributed by atoms with Crippen LogP contribution in [0, 0.1) is 0 Å². The smallest absolute Gasteiger partial charge is 0.0544 e. The van der Waals surface area contributed by atoms with Gasteiger partial charge in [0.1, 0.15) is 0 Å². The predicted octanol–water partition coefficient (Wildman–Crippen LogP) is 12.6. The van der Waals surface area contributed by atoms with Crippen LogP contribution >= 0.6 is 0 Å². The first kappa shape index (κ1) is 30.0. The maximum absolute atomic E-state index is 4.63. The molecule has 0 amide bonds. The Morgan fingerprint density at radius 2 is 1.61 bits per heavy atom. The summed E-state index contributed by atoms with van der Waals surface area (Å²) in [5.74, 6) is 0. The summed E-state index contributed by atoms with van der Waals surface area (Å²) < 4.78 is 2.55. The maximum Gasteiger partial charge on any atom is 0.0544 e. The molecule has 1 aromatic heterocycles. The topological polar surface area (TPSA) is 4.93 Å². The van der Waals surface area contributed by atoms with Gasteiger partial charge in [0.05, 0.1) is 16.9 Å². The number of rotatable bonds is 4. The molecule has 49 heavy (non-hydrogen) atoms. The van der Waals surface area contributed by atoms with Crippen LogP contribution in [0.4, 0.5) is 0 Å². The lowest BCUT2D eigenvalue weighted by Gasteiger charge is -2.21. The van der Waals surface area contributed by atoms with Crippen molar-refractivity contribution in [1.29, 1.82) is 0 Å². The summed E-state index contributed by atoms with van der Waals surface area (Å²) in [5, 5.41) is 3.97. The van der Waals surface area contributed by atoms with Crippen molar-refractivity contribution in [2.45, 2.75) is 65.2 Å². The fraction of sp³-hybridized carbons (Fsp3) is 0.208.